The Morgan fingerprint density at radius 2 is 1.94 bits per heavy atom. The van der Waals surface area contributed by atoms with Crippen molar-refractivity contribution in [2.24, 2.45) is 0 Å². The van der Waals surface area contributed by atoms with Crippen molar-refractivity contribution in [2.45, 2.75) is 25.7 Å². The summed E-state index contributed by atoms with van der Waals surface area (Å²) in [7, 11) is 0. The van der Waals surface area contributed by atoms with Crippen molar-refractivity contribution in [3.63, 3.8) is 0 Å². The quantitative estimate of drug-likeness (QED) is 0.316. The molecule has 1 aromatic carbocycles. The zero-order valence-corrected chi connectivity index (χ0v) is 9.32. The van der Waals surface area contributed by atoms with Crippen LogP contribution < -0.4 is 0 Å². The molecule has 0 aliphatic carbocycles. The number of esters is 1. The molecular formula is C14H16O2. The number of terminal acetylenes is 1. The van der Waals surface area contributed by atoms with E-state index < -0.39 is 5.97 Å². The van der Waals surface area contributed by atoms with Gasteiger partial charge in [0.05, 0.1) is 6.61 Å². The van der Waals surface area contributed by atoms with Gasteiger partial charge in [-0.1, -0.05) is 30.3 Å². The third-order valence-electron chi connectivity index (χ3n) is 2.30. The third-order valence-corrected chi connectivity index (χ3v) is 2.30. The second-order valence-electron chi connectivity index (χ2n) is 3.58. The molecule has 84 valence electrons. The molecule has 1 rings (SSSR count). The molecule has 0 unspecified atom stereocenters. The van der Waals surface area contributed by atoms with E-state index >= 15 is 0 Å². The van der Waals surface area contributed by atoms with Gasteiger partial charge in [0.15, 0.2) is 0 Å². The van der Waals surface area contributed by atoms with Crippen LogP contribution in [0, 0.1) is 12.3 Å². The molecule has 0 aliphatic heterocycles. The molecule has 0 atom stereocenters. The fraction of sp³-hybridized carbons (Fsp3) is 0.357. The lowest BCUT2D eigenvalue weighted by Gasteiger charge is -2.02. The lowest BCUT2D eigenvalue weighted by molar-refractivity contribution is -0.136. The van der Waals surface area contributed by atoms with Crippen molar-refractivity contribution in [3.05, 3.63) is 35.9 Å². The first-order valence-corrected chi connectivity index (χ1v) is 5.50. The minimum atomic E-state index is -0.567. The van der Waals surface area contributed by atoms with Crippen molar-refractivity contribution in [1.82, 2.24) is 0 Å². The fourth-order valence-corrected chi connectivity index (χ4v) is 1.46. The van der Waals surface area contributed by atoms with Gasteiger partial charge in [0.25, 0.3) is 0 Å². The second-order valence-corrected chi connectivity index (χ2v) is 3.58. The second kappa shape index (κ2) is 7.53. The lowest BCUT2D eigenvalue weighted by atomic mass is 10.1. The fourth-order valence-electron chi connectivity index (χ4n) is 1.46. The maximum atomic E-state index is 10.6. The Bertz CT molecular complexity index is 349. The molecule has 0 radical (unpaired) electrons. The predicted molar refractivity (Wildman–Crippen MR) is 63.8 cm³/mol. The molecule has 2 heteroatoms. The monoisotopic (exact) mass is 216 g/mol. The van der Waals surface area contributed by atoms with E-state index in [2.05, 4.69) is 12.1 Å². The topological polar surface area (TPSA) is 26.3 Å². The van der Waals surface area contributed by atoms with Crippen LogP contribution in [-0.4, -0.2) is 12.6 Å². The Labute approximate surface area is 96.6 Å². The highest BCUT2D eigenvalue weighted by Gasteiger charge is 1.96. The van der Waals surface area contributed by atoms with E-state index in [1.165, 1.54) is 5.56 Å². The van der Waals surface area contributed by atoms with E-state index in [1.54, 1.807) is 0 Å². The summed E-state index contributed by atoms with van der Waals surface area (Å²) in [5, 5.41) is 0. The highest BCUT2D eigenvalue weighted by atomic mass is 16.5. The molecule has 0 bridgehead atoms. The normalized spacial score (nSPS) is 9.44. The Morgan fingerprint density at radius 3 is 2.62 bits per heavy atom. The SMILES string of the molecule is C#CC(=O)OCCCCCc1ccccc1. The summed E-state index contributed by atoms with van der Waals surface area (Å²) in [4.78, 5) is 10.6. The van der Waals surface area contributed by atoms with Gasteiger partial charge in [-0.05, 0) is 31.2 Å². The van der Waals surface area contributed by atoms with Gasteiger partial charge < -0.3 is 4.74 Å². The van der Waals surface area contributed by atoms with Crippen LogP contribution in [0.2, 0.25) is 0 Å². The number of aryl methyl sites for hydroxylation is 1. The minimum absolute atomic E-state index is 0.428. The zero-order chi connectivity index (χ0) is 11.6. The van der Waals surface area contributed by atoms with Gasteiger partial charge in [-0.2, -0.15) is 0 Å². The Kier molecular flexibility index (Phi) is 5.80. The third kappa shape index (κ3) is 5.21. The van der Waals surface area contributed by atoms with Crippen molar-refractivity contribution in [2.75, 3.05) is 6.61 Å². The standard InChI is InChI=1S/C14H16O2/c1-2-14(15)16-12-8-4-7-11-13-9-5-3-6-10-13/h1,3,5-6,9-10H,4,7-8,11-12H2. The number of carbonyl (C=O) groups is 1. The molecule has 0 saturated carbocycles. The van der Waals surface area contributed by atoms with Crippen LogP contribution in [0.25, 0.3) is 0 Å². The lowest BCUT2D eigenvalue weighted by Crippen LogP contribution is -2.02. The van der Waals surface area contributed by atoms with E-state index in [4.69, 9.17) is 11.2 Å². The largest absolute Gasteiger partial charge is 0.456 e. The highest BCUT2D eigenvalue weighted by molar-refractivity contribution is 5.87. The number of ether oxygens (including phenoxy) is 1. The summed E-state index contributed by atoms with van der Waals surface area (Å²) in [6, 6.07) is 10.4. The van der Waals surface area contributed by atoms with Crippen LogP contribution in [0.4, 0.5) is 0 Å². The Morgan fingerprint density at radius 1 is 1.19 bits per heavy atom. The average Bonchev–Trinajstić information content (AvgIpc) is 2.34. The molecular weight excluding hydrogens is 200 g/mol. The van der Waals surface area contributed by atoms with Crippen molar-refractivity contribution >= 4 is 5.97 Å². The van der Waals surface area contributed by atoms with Crippen LogP contribution in [0.3, 0.4) is 0 Å². The zero-order valence-electron chi connectivity index (χ0n) is 9.32. The molecule has 0 aromatic heterocycles. The summed E-state index contributed by atoms with van der Waals surface area (Å²) in [6.07, 6.45) is 8.97. The van der Waals surface area contributed by atoms with Crippen LogP contribution in [0.15, 0.2) is 30.3 Å². The van der Waals surface area contributed by atoms with E-state index in [9.17, 15) is 4.79 Å². The first-order chi connectivity index (χ1) is 7.83. The van der Waals surface area contributed by atoms with E-state index in [-0.39, 0.29) is 0 Å². The highest BCUT2D eigenvalue weighted by Crippen LogP contribution is 2.06. The van der Waals surface area contributed by atoms with Gasteiger partial charge in [0.1, 0.15) is 0 Å². The maximum Gasteiger partial charge on any atom is 0.384 e. The van der Waals surface area contributed by atoms with Gasteiger partial charge >= 0.3 is 5.97 Å². The number of hydrogen-bond donors (Lipinski definition) is 0. The summed E-state index contributed by atoms with van der Waals surface area (Å²) in [5.41, 5.74) is 1.35. The molecule has 0 amide bonds. The molecule has 0 aliphatic rings. The molecule has 0 N–H and O–H groups in total. The molecule has 0 saturated heterocycles. The molecule has 0 heterocycles. The van der Waals surface area contributed by atoms with Gasteiger partial charge in [0, 0.05) is 5.92 Å². The predicted octanol–water partition coefficient (Wildman–Crippen LogP) is 2.58. The Hall–Kier alpha value is -1.75. The molecule has 0 fully saturated rings. The van der Waals surface area contributed by atoms with Crippen molar-refractivity contribution in [1.29, 1.82) is 0 Å². The van der Waals surface area contributed by atoms with E-state index in [0.29, 0.717) is 6.61 Å². The molecule has 0 spiro atoms. The van der Waals surface area contributed by atoms with Gasteiger partial charge in [-0.25, -0.2) is 4.79 Å². The van der Waals surface area contributed by atoms with Crippen molar-refractivity contribution < 1.29 is 9.53 Å². The molecule has 16 heavy (non-hydrogen) atoms. The number of hydrogen-bond acceptors (Lipinski definition) is 2. The average molecular weight is 216 g/mol. The molecule has 1 aromatic rings. The van der Waals surface area contributed by atoms with Gasteiger partial charge in [0.2, 0.25) is 0 Å². The van der Waals surface area contributed by atoms with Crippen LogP contribution in [0.1, 0.15) is 24.8 Å². The minimum Gasteiger partial charge on any atom is -0.456 e. The number of carbonyl (C=O) groups excluding carboxylic acids is 1. The van der Waals surface area contributed by atoms with Gasteiger partial charge in [-0.15, -0.1) is 6.42 Å². The summed E-state index contributed by atoms with van der Waals surface area (Å²) in [6.45, 7) is 0.428. The summed E-state index contributed by atoms with van der Waals surface area (Å²) < 4.78 is 4.77. The first-order valence-electron chi connectivity index (χ1n) is 5.50. The maximum absolute atomic E-state index is 10.6. The van der Waals surface area contributed by atoms with Crippen LogP contribution >= 0.6 is 0 Å². The molecule has 2 nitrogen and oxygen atoms in total. The van der Waals surface area contributed by atoms with Crippen LogP contribution in [-0.2, 0) is 16.0 Å². The number of rotatable bonds is 6. The number of benzene rings is 1. The summed E-state index contributed by atoms with van der Waals surface area (Å²) in [5.74, 6) is 1.35. The first kappa shape index (κ1) is 12.3. The Balaban J connectivity index is 2.01. The van der Waals surface area contributed by atoms with Crippen LogP contribution in [0.5, 0.6) is 0 Å². The van der Waals surface area contributed by atoms with E-state index in [1.807, 2.05) is 24.1 Å². The van der Waals surface area contributed by atoms with E-state index in [0.717, 1.165) is 25.7 Å². The smallest absolute Gasteiger partial charge is 0.384 e. The summed E-state index contributed by atoms with van der Waals surface area (Å²) >= 11 is 0. The van der Waals surface area contributed by atoms with Crippen molar-refractivity contribution in [3.8, 4) is 12.3 Å². The number of unbranched alkanes of at least 4 members (excludes halogenated alkanes) is 2. The van der Waals surface area contributed by atoms with Gasteiger partial charge in [-0.3, -0.25) is 0 Å².